The summed E-state index contributed by atoms with van der Waals surface area (Å²) < 4.78 is 0. The number of nitrogens with zero attached hydrogens (tertiary/aromatic N) is 1. The Hall–Kier alpha value is -0.160. The van der Waals surface area contributed by atoms with Gasteiger partial charge in [0.25, 0.3) is 0 Å². The number of hydrazine groups is 1. The zero-order valence-electron chi connectivity index (χ0n) is 4.26. The molecule has 0 spiro atoms. The molecule has 0 rings (SSSR count). The molecule has 0 unspecified atom stereocenters. The van der Waals surface area contributed by atoms with Crippen molar-refractivity contribution in [3.8, 4) is 0 Å². The Labute approximate surface area is 42.2 Å². The van der Waals surface area contributed by atoms with Gasteiger partial charge in [0, 0.05) is 11.9 Å². The topological polar surface area (TPSA) is 55.7 Å². The molecular formula is C3H10N2O2. The molecule has 0 aromatic heterocycles. The van der Waals surface area contributed by atoms with E-state index in [0.29, 0.717) is 6.54 Å². The van der Waals surface area contributed by atoms with Crippen molar-refractivity contribution in [3.63, 3.8) is 0 Å². The molecule has 0 aliphatic rings. The summed E-state index contributed by atoms with van der Waals surface area (Å²) in [5.41, 5.74) is 2.24. The molecule has 0 atom stereocenters. The molecule has 0 saturated heterocycles. The van der Waals surface area contributed by atoms with Gasteiger partial charge in [0.05, 0.1) is 0 Å². The molecule has 0 amide bonds. The monoisotopic (exact) mass is 106 g/mol. The van der Waals surface area contributed by atoms with E-state index in [4.69, 9.17) is 10.4 Å². The first-order valence-corrected chi connectivity index (χ1v) is 2.18. The van der Waals surface area contributed by atoms with Gasteiger partial charge in [-0.05, 0) is 6.42 Å². The summed E-state index contributed by atoms with van der Waals surface area (Å²) in [6.45, 7) is 2.50. The minimum Gasteiger partial charge on any atom is -0.276 e. The molecule has 4 nitrogen and oxygen atoms in total. The van der Waals surface area contributed by atoms with Crippen molar-refractivity contribution in [2.24, 2.45) is 0 Å². The molecule has 44 valence electrons. The van der Waals surface area contributed by atoms with Crippen LogP contribution < -0.4 is 5.43 Å². The highest BCUT2D eigenvalue weighted by atomic mass is 16.8. The van der Waals surface area contributed by atoms with E-state index in [1.165, 1.54) is 0 Å². The van der Waals surface area contributed by atoms with Crippen LogP contribution in [0.4, 0.5) is 0 Å². The maximum atomic E-state index is 7.96. The van der Waals surface area contributed by atoms with Gasteiger partial charge >= 0.3 is 0 Å². The molecule has 7 heavy (non-hydrogen) atoms. The second kappa shape index (κ2) is 4.01. The van der Waals surface area contributed by atoms with E-state index < -0.39 is 0 Å². The predicted molar refractivity (Wildman–Crippen MR) is 23.7 cm³/mol. The molecular weight excluding hydrogens is 96.0 g/mol. The lowest BCUT2D eigenvalue weighted by molar-refractivity contribution is -0.341. The highest BCUT2D eigenvalue weighted by Gasteiger charge is 1.84. The number of nitrogens with one attached hydrogen (secondary N) is 1. The van der Waals surface area contributed by atoms with Crippen LogP contribution >= 0.6 is 0 Å². The average molecular weight is 106 g/mol. The fourth-order valence-electron chi connectivity index (χ4n) is 0.212. The fourth-order valence-corrected chi connectivity index (χ4v) is 0.212. The van der Waals surface area contributed by atoms with Crippen LogP contribution in [0, 0.1) is 0 Å². The summed E-state index contributed by atoms with van der Waals surface area (Å²) in [5, 5.41) is 15.9. The van der Waals surface area contributed by atoms with E-state index in [-0.39, 0.29) is 5.34 Å². The van der Waals surface area contributed by atoms with E-state index in [1.807, 2.05) is 6.92 Å². The summed E-state index contributed by atoms with van der Waals surface area (Å²) in [6.07, 6.45) is 0.873. The Bertz CT molecular complexity index is 39.9. The first-order chi connectivity index (χ1) is 3.27. The maximum absolute atomic E-state index is 7.96. The lowest BCUT2D eigenvalue weighted by Crippen LogP contribution is -2.31. The fraction of sp³-hybridized carbons (Fsp3) is 1.00. The normalized spacial score (nSPS) is 10.3. The SMILES string of the molecule is CCCNN(O)O. The molecule has 0 heterocycles. The second-order valence-electron chi connectivity index (χ2n) is 1.20. The molecule has 4 heteroatoms. The summed E-state index contributed by atoms with van der Waals surface area (Å²) >= 11 is 0. The van der Waals surface area contributed by atoms with Crippen molar-refractivity contribution in [1.82, 2.24) is 10.8 Å². The van der Waals surface area contributed by atoms with E-state index >= 15 is 0 Å². The van der Waals surface area contributed by atoms with Gasteiger partial charge in [0.15, 0.2) is 0 Å². The summed E-state index contributed by atoms with van der Waals surface area (Å²) in [7, 11) is 0. The van der Waals surface area contributed by atoms with E-state index in [9.17, 15) is 0 Å². The third kappa shape index (κ3) is 5.84. The van der Waals surface area contributed by atoms with Crippen molar-refractivity contribution in [2.75, 3.05) is 6.54 Å². The Kier molecular flexibility index (Phi) is 3.92. The van der Waals surface area contributed by atoms with Gasteiger partial charge in [0.1, 0.15) is 0 Å². The van der Waals surface area contributed by atoms with Crippen molar-refractivity contribution in [3.05, 3.63) is 0 Å². The Balaban J connectivity index is 2.68. The summed E-state index contributed by atoms with van der Waals surface area (Å²) in [6, 6.07) is 0. The predicted octanol–water partition coefficient (Wildman–Crippen LogP) is -0.0186. The van der Waals surface area contributed by atoms with E-state index in [0.717, 1.165) is 6.42 Å². The molecule has 0 aliphatic heterocycles. The van der Waals surface area contributed by atoms with Crippen LogP contribution in [0.1, 0.15) is 13.3 Å². The smallest absolute Gasteiger partial charge is 0.0145 e. The highest BCUT2D eigenvalue weighted by Crippen LogP contribution is 1.68. The summed E-state index contributed by atoms with van der Waals surface area (Å²) in [5.74, 6) is 0. The number of hydrogen-bond acceptors (Lipinski definition) is 4. The average Bonchev–Trinajstić information content (AvgIpc) is 1.61. The molecule has 0 aliphatic carbocycles. The largest absolute Gasteiger partial charge is 0.276 e. The maximum Gasteiger partial charge on any atom is 0.0145 e. The number of rotatable bonds is 3. The van der Waals surface area contributed by atoms with Crippen LogP contribution in [0.5, 0.6) is 0 Å². The molecule has 0 bridgehead atoms. The number of hydrogen-bond donors (Lipinski definition) is 3. The van der Waals surface area contributed by atoms with Gasteiger partial charge in [-0.1, -0.05) is 6.92 Å². The molecule has 0 saturated carbocycles. The van der Waals surface area contributed by atoms with E-state index in [2.05, 4.69) is 5.43 Å². The third-order valence-electron chi connectivity index (χ3n) is 0.503. The Morgan fingerprint density at radius 3 is 2.29 bits per heavy atom. The van der Waals surface area contributed by atoms with Gasteiger partial charge in [-0.25, -0.2) is 5.43 Å². The van der Waals surface area contributed by atoms with Gasteiger partial charge in [-0.15, -0.1) is 0 Å². The molecule has 3 N–H and O–H groups in total. The van der Waals surface area contributed by atoms with Crippen molar-refractivity contribution in [1.29, 1.82) is 0 Å². The second-order valence-corrected chi connectivity index (χ2v) is 1.20. The van der Waals surface area contributed by atoms with Crippen LogP contribution in [-0.4, -0.2) is 22.3 Å². The van der Waals surface area contributed by atoms with Crippen LogP contribution in [0.2, 0.25) is 0 Å². The van der Waals surface area contributed by atoms with Crippen LogP contribution in [0.3, 0.4) is 0 Å². The van der Waals surface area contributed by atoms with E-state index in [1.54, 1.807) is 0 Å². The molecule has 0 aromatic carbocycles. The van der Waals surface area contributed by atoms with Gasteiger partial charge in [-0.3, -0.25) is 10.4 Å². The van der Waals surface area contributed by atoms with Crippen LogP contribution in [-0.2, 0) is 0 Å². The van der Waals surface area contributed by atoms with Crippen LogP contribution in [0.25, 0.3) is 0 Å². The zero-order chi connectivity index (χ0) is 5.70. The first-order valence-electron chi connectivity index (χ1n) is 2.18. The Morgan fingerprint density at radius 1 is 1.57 bits per heavy atom. The molecule has 0 radical (unpaired) electrons. The first kappa shape index (κ1) is 6.84. The Morgan fingerprint density at radius 2 is 2.14 bits per heavy atom. The standard InChI is InChI=1S/C3H10N2O2/c1-2-3-4-5(6)7/h4,6-7H,2-3H2,1H3. The van der Waals surface area contributed by atoms with Crippen molar-refractivity contribution >= 4 is 0 Å². The highest BCUT2D eigenvalue weighted by molar-refractivity contribution is 4.26. The van der Waals surface area contributed by atoms with Crippen molar-refractivity contribution < 1.29 is 10.4 Å². The lowest BCUT2D eigenvalue weighted by Gasteiger charge is -2.04. The lowest BCUT2D eigenvalue weighted by atomic mass is 10.5. The van der Waals surface area contributed by atoms with Gasteiger partial charge in [-0.2, -0.15) is 0 Å². The minimum absolute atomic E-state index is 0.0382. The molecule has 0 fully saturated rings. The van der Waals surface area contributed by atoms with Gasteiger partial charge < -0.3 is 0 Å². The van der Waals surface area contributed by atoms with Gasteiger partial charge in [0.2, 0.25) is 0 Å². The van der Waals surface area contributed by atoms with Crippen molar-refractivity contribution in [2.45, 2.75) is 13.3 Å². The molecule has 0 aromatic rings. The quantitative estimate of drug-likeness (QED) is 0.442. The van der Waals surface area contributed by atoms with Crippen LogP contribution in [0.15, 0.2) is 0 Å². The summed E-state index contributed by atoms with van der Waals surface area (Å²) in [4.78, 5) is 0. The third-order valence-corrected chi connectivity index (χ3v) is 0.503. The minimum atomic E-state index is -0.0382. The zero-order valence-corrected chi connectivity index (χ0v) is 4.26.